The van der Waals surface area contributed by atoms with Crippen molar-refractivity contribution in [2.45, 2.75) is 142 Å². The summed E-state index contributed by atoms with van der Waals surface area (Å²) in [6.07, 6.45) is 21.1. The number of nitrogens with one attached hydrogen (secondary N) is 2. The second kappa shape index (κ2) is 22.2. The van der Waals surface area contributed by atoms with Crippen LogP contribution in [0.5, 0.6) is 0 Å². The van der Waals surface area contributed by atoms with E-state index in [1.54, 1.807) is 0 Å². The zero-order chi connectivity index (χ0) is 23.4. The van der Waals surface area contributed by atoms with Gasteiger partial charge in [-0.25, -0.2) is 0 Å². The van der Waals surface area contributed by atoms with Crippen LogP contribution in [0.25, 0.3) is 0 Å². The Morgan fingerprint density at radius 2 is 1.38 bits per heavy atom. The molecule has 1 amide bonds. The topological polar surface area (TPSA) is 81.6 Å². The van der Waals surface area contributed by atoms with Gasteiger partial charge in [-0.2, -0.15) is 0 Å². The van der Waals surface area contributed by atoms with E-state index in [1.165, 1.54) is 70.6 Å². The number of hydrogen-bond donors (Lipinski definition) is 4. The Hall–Kier alpha value is -0.620. The molecule has 32 heavy (non-hydrogen) atoms. The van der Waals surface area contributed by atoms with Gasteiger partial charge in [0.1, 0.15) is 0 Å². The first-order valence-electron chi connectivity index (χ1n) is 12.9. The molecule has 0 heterocycles. The summed E-state index contributed by atoms with van der Waals surface area (Å²) in [5.74, 6) is 0.0475. The monoisotopic (exact) mass is 476 g/mol. The highest BCUT2D eigenvalue weighted by Gasteiger charge is 2.29. The third-order valence-corrected chi connectivity index (χ3v) is 5.96. The van der Waals surface area contributed by atoms with Gasteiger partial charge in [0, 0.05) is 12.0 Å². The van der Waals surface area contributed by atoms with Crippen molar-refractivity contribution in [2.75, 3.05) is 6.61 Å². The largest absolute Gasteiger partial charge is 0.394 e. The van der Waals surface area contributed by atoms with Crippen molar-refractivity contribution in [1.82, 2.24) is 10.6 Å². The van der Waals surface area contributed by atoms with Crippen molar-refractivity contribution < 1.29 is 15.0 Å². The lowest BCUT2D eigenvalue weighted by atomic mass is 9.97. The van der Waals surface area contributed by atoms with E-state index in [0.29, 0.717) is 6.42 Å². The number of carbonyl (C=O) groups is 1. The minimum atomic E-state index is -0.871. The van der Waals surface area contributed by atoms with E-state index >= 15 is 0 Å². The molecule has 0 aromatic rings. The fourth-order valence-electron chi connectivity index (χ4n) is 3.64. The lowest BCUT2D eigenvalue weighted by Crippen LogP contribution is -2.59. The second-order valence-electron chi connectivity index (χ2n) is 9.43. The molecule has 2 unspecified atom stereocenters. The molecule has 0 aromatic carbocycles. The third kappa shape index (κ3) is 18.9. The summed E-state index contributed by atoms with van der Waals surface area (Å²) >= 11 is 0. The molecule has 5 nitrogen and oxygen atoms in total. The van der Waals surface area contributed by atoms with Gasteiger partial charge in [0.2, 0.25) is 5.91 Å². The van der Waals surface area contributed by atoms with Gasteiger partial charge in [-0.15, -0.1) is 12.4 Å². The summed E-state index contributed by atoms with van der Waals surface area (Å²) < 4.78 is 0. The predicted molar refractivity (Wildman–Crippen MR) is 139 cm³/mol. The maximum Gasteiger partial charge on any atom is 0.221 e. The highest BCUT2D eigenvalue weighted by atomic mass is 35.5. The Labute approximate surface area is 204 Å². The van der Waals surface area contributed by atoms with E-state index in [2.05, 4.69) is 29.7 Å². The van der Waals surface area contributed by atoms with Gasteiger partial charge in [-0.3, -0.25) is 10.1 Å². The highest BCUT2D eigenvalue weighted by Crippen LogP contribution is 2.12. The zero-order valence-corrected chi connectivity index (χ0v) is 22.2. The van der Waals surface area contributed by atoms with Gasteiger partial charge < -0.3 is 15.5 Å². The normalized spacial score (nSPS) is 13.7. The molecule has 0 rings (SSSR count). The Balaban J connectivity index is 0. The highest BCUT2D eigenvalue weighted by molar-refractivity contribution is 5.85. The molecule has 0 aliphatic rings. The molecule has 4 N–H and O–H groups in total. The Morgan fingerprint density at radius 1 is 0.875 bits per heavy atom. The molecule has 0 aliphatic carbocycles. The van der Waals surface area contributed by atoms with E-state index in [0.717, 1.165) is 19.3 Å². The van der Waals surface area contributed by atoms with Crippen LogP contribution in [0.2, 0.25) is 0 Å². The van der Waals surface area contributed by atoms with Gasteiger partial charge in [0.15, 0.2) is 0 Å². The molecule has 0 radical (unpaired) electrons. The zero-order valence-electron chi connectivity index (χ0n) is 21.3. The standard InChI is InChI=1S/C26H52N2O3.ClH/c1-5-7-8-9-10-11-12-13-14-15-16-17-18-19-20-21-25(31)27-24(6-2)28-26(3,4)23(30)22-29;/h13-14,23-24,28-30H,5-12,15-22H2,1-4H3,(H,27,31);1H. The van der Waals surface area contributed by atoms with Crippen LogP contribution in [0.1, 0.15) is 124 Å². The van der Waals surface area contributed by atoms with Crippen molar-refractivity contribution in [3.8, 4) is 0 Å². The van der Waals surface area contributed by atoms with Crippen LogP contribution in [0, 0.1) is 0 Å². The minimum absolute atomic E-state index is 0. The van der Waals surface area contributed by atoms with Crippen LogP contribution in [0.3, 0.4) is 0 Å². The Kier molecular flexibility index (Phi) is 23.3. The molecule has 0 aromatic heterocycles. The third-order valence-electron chi connectivity index (χ3n) is 5.96. The molecule has 0 fully saturated rings. The fourth-order valence-corrected chi connectivity index (χ4v) is 3.64. The Bertz CT molecular complexity index is 458. The van der Waals surface area contributed by atoms with E-state index < -0.39 is 11.6 Å². The van der Waals surface area contributed by atoms with Crippen LogP contribution in [-0.4, -0.2) is 40.5 Å². The number of halogens is 1. The van der Waals surface area contributed by atoms with Crippen LogP contribution in [0.4, 0.5) is 0 Å². The summed E-state index contributed by atoms with van der Waals surface area (Å²) in [6.45, 7) is 7.59. The molecule has 6 heteroatoms. The summed E-state index contributed by atoms with van der Waals surface area (Å²) in [5, 5.41) is 25.3. The van der Waals surface area contributed by atoms with Crippen molar-refractivity contribution >= 4 is 18.3 Å². The van der Waals surface area contributed by atoms with Crippen molar-refractivity contribution in [3.63, 3.8) is 0 Å². The average molecular weight is 477 g/mol. The molecule has 192 valence electrons. The molecule has 0 spiro atoms. The smallest absolute Gasteiger partial charge is 0.221 e. The minimum Gasteiger partial charge on any atom is -0.394 e. The number of rotatable bonds is 21. The number of amides is 1. The lowest BCUT2D eigenvalue weighted by molar-refractivity contribution is -0.122. The molecule has 0 bridgehead atoms. The summed E-state index contributed by atoms with van der Waals surface area (Å²) in [4.78, 5) is 12.2. The van der Waals surface area contributed by atoms with E-state index in [9.17, 15) is 9.90 Å². The fraction of sp³-hybridized carbons (Fsp3) is 0.885. The second-order valence-corrected chi connectivity index (χ2v) is 9.43. The van der Waals surface area contributed by atoms with E-state index in [1.807, 2.05) is 20.8 Å². The number of unbranched alkanes of at least 4 members (excludes halogenated alkanes) is 11. The molecule has 0 aliphatic heterocycles. The molecular formula is C26H53ClN2O3. The first kappa shape index (κ1) is 33.6. The summed E-state index contributed by atoms with van der Waals surface area (Å²) in [7, 11) is 0. The van der Waals surface area contributed by atoms with Gasteiger partial charge in [-0.1, -0.05) is 77.4 Å². The maximum atomic E-state index is 12.2. The van der Waals surface area contributed by atoms with E-state index in [-0.39, 0.29) is 31.1 Å². The first-order valence-corrected chi connectivity index (χ1v) is 12.9. The molecule has 0 saturated carbocycles. The lowest BCUT2D eigenvalue weighted by Gasteiger charge is -2.35. The van der Waals surface area contributed by atoms with Crippen molar-refractivity contribution in [3.05, 3.63) is 12.2 Å². The van der Waals surface area contributed by atoms with Crippen LogP contribution in [0.15, 0.2) is 12.2 Å². The molecule has 2 atom stereocenters. The summed E-state index contributed by atoms with van der Waals surface area (Å²) in [6, 6.07) is 0. The number of aliphatic hydroxyl groups is 2. The van der Waals surface area contributed by atoms with E-state index in [4.69, 9.17) is 5.11 Å². The SMILES string of the molecule is CCCCCCCCC=CCCCCCCCC(=O)NC(CC)NC(C)(C)C(O)CO.Cl. The number of carbonyl (C=O) groups excluding carboxylic acids is 1. The quantitative estimate of drug-likeness (QED) is 0.0927. The van der Waals surface area contributed by atoms with Crippen LogP contribution < -0.4 is 10.6 Å². The van der Waals surface area contributed by atoms with Crippen molar-refractivity contribution in [2.24, 2.45) is 0 Å². The number of allylic oxidation sites excluding steroid dienone is 2. The molecular weight excluding hydrogens is 424 g/mol. The first-order chi connectivity index (χ1) is 14.9. The van der Waals surface area contributed by atoms with Gasteiger partial charge >= 0.3 is 0 Å². The van der Waals surface area contributed by atoms with Crippen LogP contribution >= 0.6 is 12.4 Å². The maximum absolute atomic E-state index is 12.2. The Morgan fingerprint density at radius 3 is 1.88 bits per heavy atom. The average Bonchev–Trinajstić information content (AvgIpc) is 2.75. The number of aliphatic hydroxyl groups excluding tert-OH is 2. The number of hydrogen-bond acceptors (Lipinski definition) is 4. The van der Waals surface area contributed by atoms with Gasteiger partial charge in [0.05, 0.1) is 18.9 Å². The molecule has 0 saturated heterocycles. The predicted octanol–water partition coefficient (Wildman–Crippen LogP) is 6.02. The summed E-state index contributed by atoms with van der Waals surface area (Å²) in [5.41, 5.74) is -0.661. The van der Waals surface area contributed by atoms with Crippen LogP contribution in [-0.2, 0) is 4.79 Å². The van der Waals surface area contributed by atoms with Gasteiger partial charge in [0.25, 0.3) is 0 Å². The van der Waals surface area contributed by atoms with Gasteiger partial charge in [-0.05, 0) is 52.4 Å². The van der Waals surface area contributed by atoms with Crippen molar-refractivity contribution in [1.29, 1.82) is 0 Å².